The summed E-state index contributed by atoms with van der Waals surface area (Å²) in [7, 11) is 0. The summed E-state index contributed by atoms with van der Waals surface area (Å²) in [5, 5.41) is 0. The molecule has 0 saturated heterocycles. The summed E-state index contributed by atoms with van der Waals surface area (Å²) in [5.74, 6) is 0. The Morgan fingerprint density at radius 2 is 1.87 bits per heavy atom. The second-order valence-corrected chi connectivity index (χ2v) is 3.23. The molecule has 0 aliphatic rings. The molecule has 0 radical (unpaired) electrons. The molecule has 3 heteroatoms. The maximum atomic E-state index is 11.0. The summed E-state index contributed by atoms with van der Waals surface area (Å²) in [4.78, 5) is 17.8. The highest BCUT2D eigenvalue weighted by atomic mass is 16.1. The van der Waals surface area contributed by atoms with Crippen LogP contribution in [-0.4, -0.2) is 9.97 Å². The van der Waals surface area contributed by atoms with E-state index in [9.17, 15) is 4.79 Å². The molecular weight excluding hydrogens is 188 g/mol. The first-order valence-corrected chi connectivity index (χ1v) is 5.13. The largest absolute Gasteiger partial charge is 0.319 e. The Balaban J connectivity index is 0.000000531. The van der Waals surface area contributed by atoms with Crippen molar-refractivity contribution in [3.8, 4) is 0 Å². The summed E-state index contributed by atoms with van der Waals surface area (Å²) in [6.45, 7) is 7.98. The van der Waals surface area contributed by atoms with Crippen molar-refractivity contribution in [3.63, 3.8) is 0 Å². The third-order valence-corrected chi connectivity index (χ3v) is 2.01. The van der Waals surface area contributed by atoms with Crippen molar-refractivity contribution in [1.29, 1.82) is 0 Å². The lowest BCUT2D eigenvalue weighted by Gasteiger charge is -2.01. The van der Waals surface area contributed by atoms with Gasteiger partial charge in [-0.3, -0.25) is 4.79 Å². The minimum Gasteiger partial charge on any atom is -0.319 e. The molecule has 1 aromatic carbocycles. The van der Waals surface area contributed by atoms with E-state index in [1.54, 1.807) is 0 Å². The molecule has 0 aliphatic heterocycles. The van der Waals surface area contributed by atoms with Crippen LogP contribution in [0.3, 0.4) is 0 Å². The number of nitrogens with zero attached hydrogens (tertiary/aromatic N) is 1. The van der Waals surface area contributed by atoms with Crippen LogP contribution in [0.4, 0.5) is 0 Å². The standard InChI is InChI=1S/C10H10N2O.C2H6/c1-6-3-7(2)10-8(4-6)12-9(13)5-11-10;1-2/h3-5H,1-2H3,(H,12,13);1-2H3. The fraction of sp³-hybridized carbons (Fsp3) is 0.333. The van der Waals surface area contributed by atoms with Gasteiger partial charge in [-0.1, -0.05) is 19.9 Å². The van der Waals surface area contributed by atoms with Gasteiger partial charge in [-0.2, -0.15) is 0 Å². The van der Waals surface area contributed by atoms with E-state index in [-0.39, 0.29) is 5.56 Å². The lowest BCUT2D eigenvalue weighted by atomic mass is 10.1. The van der Waals surface area contributed by atoms with Gasteiger partial charge in [0.15, 0.2) is 0 Å². The molecule has 0 amide bonds. The summed E-state index contributed by atoms with van der Waals surface area (Å²) < 4.78 is 0. The lowest BCUT2D eigenvalue weighted by Crippen LogP contribution is -2.05. The topological polar surface area (TPSA) is 45.8 Å². The quantitative estimate of drug-likeness (QED) is 0.716. The average Bonchev–Trinajstić information content (AvgIpc) is 2.19. The first kappa shape index (κ1) is 11.4. The fourth-order valence-corrected chi connectivity index (χ4v) is 1.51. The first-order valence-electron chi connectivity index (χ1n) is 5.13. The van der Waals surface area contributed by atoms with E-state index in [1.807, 2.05) is 39.8 Å². The summed E-state index contributed by atoms with van der Waals surface area (Å²) in [6, 6.07) is 3.98. The van der Waals surface area contributed by atoms with Gasteiger partial charge in [0.05, 0.1) is 17.2 Å². The van der Waals surface area contributed by atoms with Crippen molar-refractivity contribution in [2.45, 2.75) is 27.7 Å². The van der Waals surface area contributed by atoms with Gasteiger partial charge in [0.25, 0.3) is 5.56 Å². The number of aromatic amines is 1. The van der Waals surface area contributed by atoms with Crippen LogP contribution >= 0.6 is 0 Å². The van der Waals surface area contributed by atoms with Crippen LogP contribution in [0.5, 0.6) is 0 Å². The second kappa shape index (κ2) is 4.73. The normalized spacial score (nSPS) is 9.60. The van der Waals surface area contributed by atoms with Gasteiger partial charge in [-0.05, 0) is 31.0 Å². The zero-order valence-corrected chi connectivity index (χ0v) is 9.59. The van der Waals surface area contributed by atoms with Gasteiger partial charge in [-0.25, -0.2) is 4.98 Å². The van der Waals surface area contributed by atoms with Crippen molar-refractivity contribution in [2.24, 2.45) is 0 Å². The summed E-state index contributed by atoms with van der Waals surface area (Å²) >= 11 is 0. The van der Waals surface area contributed by atoms with Gasteiger partial charge in [0, 0.05) is 0 Å². The zero-order chi connectivity index (χ0) is 11.4. The van der Waals surface area contributed by atoms with E-state index in [0.717, 1.165) is 22.2 Å². The molecule has 15 heavy (non-hydrogen) atoms. The van der Waals surface area contributed by atoms with Crippen molar-refractivity contribution >= 4 is 11.0 Å². The van der Waals surface area contributed by atoms with Gasteiger partial charge in [0.1, 0.15) is 0 Å². The molecule has 1 heterocycles. The van der Waals surface area contributed by atoms with E-state index in [1.165, 1.54) is 6.20 Å². The van der Waals surface area contributed by atoms with E-state index >= 15 is 0 Å². The van der Waals surface area contributed by atoms with E-state index in [0.29, 0.717) is 0 Å². The van der Waals surface area contributed by atoms with Crippen LogP contribution in [0.2, 0.25) is 0 Å². The number of hydrogen-bond donors (Lipinski definition) is 1. The fourth-order valence-electron chi connectivity index (χ4n) is 1.51. The Hall–Kier alpha value is -1.64. The van der Waals surface area contributed by atoms with Crippen molar-refractivity contribution in [1.82, 2.24) is 9.97 Å². The van der Waals surface area contributed by atoms with Gasteiger partial charge >= 0.3 is 0 Å². The predicted molar refractivity (Wildman–Crippen MR) is 63.2 cm³/mol. The molecule has 2 rings (SSSR count). The molecule has 0 aliphatic carbocycles. The Labute approximate surface area is 89.2 Å². The monoisotopic (exact) mass is 204 g/mol. The second-order valence-electron chi connectivity index (χ2n) is 3.23. The molecule has 0 saturated carbocycles. The third kappa shape index (κ3) is 2.43. The summed E-state index contributed by atoms with van der Waals surface area (Å²) in [5.41, 5.74) is 3.74. The number of rotatable bonds is 0. The van der Waals surface area contributed by atoms with Gasteiger partial charge < -0.3 is 4.98 Å². The van der Waals surface area contributed by atoms with Crippen LogP contribution < -0.4 is 5.56 Å². The maximum Gasteiger partial charge on any atom is 0.266 e. The maximum absolute atomic E-state index is 11.0. The average molecular weight is 204 g/mol. The number of aryl methyl sites for hydroxylation is 2. The highest BCUT2D eigenvalue weighted by Gasteiger charge is 1.99. The van der Waals surface area contributed by atoms with Crippen LogP contribution in [0.25, 0.3) is 11.0 Å². The lowest BCUT2D eigenvalue weighted by molar-refractivity contribution is 1.20. The minimum absolute atomic E-state index is 0.155. The molecule has 0 atom stereocenters. The molecule has 1 N–H and O–H groups in total. The molecular formula is C12H16N2O. The van der Waals surface area contributed by atoms with Gasteiger partial charge in [-0.15, -0.1) is 0 Å². The molecule has 0 spiro atoms. The van der Waals surface area contributed by atoms with E-state index in [4.69, 9.17) is 0 Å². The van der Waals surface area contributed by atoms with Crippen LogP contribution in [0.15, 0.2) is 23.1 Å². The Kier molecular flexibility index (Phi) is 3.61. The molecule has 0 unspecified atom stereocenters. The number of hydrogen-bond acceptors (Lipinski definition) is 2. The number of H-pyrrole nitrogens is 1. The van der Waals surface area contributed by atoms with Crippen LogP contribution in [-0.2, 0) is 0 Å². The highest BCUT2D eigenvalue weighted by molar-refractivity contribution is 5.78. The molecule has 0 bridgehead atoms. The molecule has 1 aromatic heterocycles. The van der Waals surface area contributed by atoms with Gasteiger partial charge in [0.2, 0.25) is 0 Å². The van der Waals surface area contributed by atoms with Crippen LogP contribution in [0.1, 0.15) is 25.0 Å². The SMILES string of the molecule is CC.Cc1cc(C)c2ncc(=O)[nH]c2c1. The summed E-state index contributed by atoms with van der Waals surface area (Å²) in [6.07, 6.45) is 1.31. The third-order valence-electron chi connectivity index (χ3n) is 2.01. The smallest absolute Gasteiger partial charge is 0.266 e. The van der Waals surface area contributed by atoms with E-state index < -0.39 is 0 Å². The molecule has 0 fully saturated rings. The van der Waals surface area contributed by atoms with Crippen molar-refractivity contribution in [3.05, 3.63) is 39.8 Å². The Bertz CT molecular complexity index is 515. The highest BCUT2D eigenvalue weighted by Crippen LogP contribution is 2.14. The minimum atomic E-state index is -0.155. The molecule has 3 nitrogen and oxygen atoms in total. The number of nitrogens with one attached hydrogen (secondary N) is 1. The molecule has 2 aromatic rings. The van der Waals surface area contributed by atoms with Crippen LogP contribution in [0, 0.1) is 13.8 Å². The Morgan fingerprint density at radius 3 is 2.53 bits per heavy atom. The first-order chi connectivity index (χ1) is 7.16. The molecule has 80 valence electrons. The Morgan fingerprint density at radius 1 is 1.20 bits per heavy atom. The predicted octanol–water partition coefficient (Wildman–Crippen LogP) is 2.57. The number of aromatic nitrogens is 2. The zero-order valence-electron chi connectivity index (χ0n) is 9.59. The van der Waals surface area contributed by atoms with Crippen molar-refractivity contribution in [2.75, 3.05) is 0 Å². The van der Waals surface area contributed by atoms with Crippen molar-refractivity contribution < 1.29 is 0 Å². The number of benzene rings is 1. The van der Waals surface area contributed by atoms with E-state index in [2.05, 4.69) is 9.97 Å². The number of fused-ring (bicyclic) bond motifs is 1.